The molecular formula is C14H21NO4. The molecule has 0 spiro atoms. The van der Waals surface area contributed by atoms with Crippen molar-refractivity contribution in [1.82, 2.24) is 4.90 Å². The van der Waals surface area contributed by atoms with Gasteiger partial charge in [-0.25, -0.2) is 4.79 Å². The van der Waals surface area contributed by atoms with Gasteiger partial charge in [0.1, 0.15) is 5.76 Å². The van der Waals surface area contributed by atoms with E-state index < -0.39 is 5.97 Å². The normalized spacial score (nSPS) is 24.6. The Kier molecular flexibility index (Phi) is 4.27. The van der Waals surface area contributed by atoms with Gasteiger partial charge in [-0.05, 0) is 32.8 Å². The summed E-state index contributed by atoms with van der Waals surface area (Å²) in [6, 6.07) is 2.23. The third kappa shape index (κ3) is 3.16. The molecule has 2 unspecified atom stereocenters. The van der Waals surface area contributed by atoms with Gasteiger partial charge in [0.2, 0.25) is 5.76 Å². The van der Waals surface area contributed by atoms with Crippen LogP contribution in [-0.4, -0.2) is 41.8 Å². The molecule has 0 aliphatic carbocycles. The summed E-state index contributed by atoms with van der Waals surface area (Å²) in [5.74, 6) is -0.234. The molecule has 0 saturated carbocycles. The lowest BCUT2D eigenvalue weighted by Crippen LogP contribution is -2.42. The number of carboxylic acid groups (broad SMARTS) is 1. The van der Waals surface area contributed by atoms with E-state index in [9.17, 15) is 4.79 Å². The number of hydrogen-bond acceptors (Lipinski definition) is 4. The number of piperidine rings is 1. The van der Waals surface area contributed by atoms with Crippen LogP contribution in [-0.2, 0) is 11.3 Å². The zero-order valence-electron chi connectivity index (χ0n) is 11.7. The molecular weight excluding hydrogens is 246 g/mol. The molecule has 1 N–H and O–H groups in total. The second-order valence-corrected chi connectivity index (χ2v) is 5.23. The summed E-state index contributed by atoms with van der Waals surface area (Å²) in [6.45, 7) is 5.53. The summed E-state index contributed by atoms with van der Waals surface area (Å²) < 4.78 is 10.8. The minimum absolute atomic E-state index is 0.0504. The summed E-state index contributed by atoms with van der Waals surface area (Å²) in [5.41, 5.74) is 0.682. The number of likely N-dealkylation sites (tertiary alicyclic amines) is 1. The molecule has 0 radical (unpaired) electrons. The molecule has 5 heteroatoms. The molecule has 106 valence electrons. The van der Waals surface area contributed by atoms with Crippen molar-refractivity contribution in [2.75, 3.05) is 13.7 Å². The SMILES string of the molecule is COC1CCN(Cc2cc(C)c(C(=O)O)o2)C(C)C1. The van der Waals surface area contributed by atoms with Crippen LogP contribution in [0.4, 0.5) is 0 Å². The Morgan fingerprint density at radius 1 is 1.63 bits per heavy atom. The lowest BCUT2D eigenvalue weighted by Gasteiger charge is -2.36. The summed E-state index contributed by atoms with van der Waals surface area (Å²) in [6.07, 6.45) is 2.34. The van der Waals surface area contributed by atoms with Gasteiger partial charge >= 0.3 is 5.97 Å². The Morgan fingerprint density at radius 3 is 2.89 bits per heavy atom. The molecule has 2 heterocycles. The lowest BCUT2D eigenvalue weighted by atomic mass is 10.0. The van der Waals surface area contributed by atoms with E-state index in [0.717, 1.165) is 25.1 Å². The maximum Gasteiger partial charge on any atom is 0.372 e. The van der Waals surface area contributed by atoms with Crippen LogP contribution < -0.4 is 0 Å². The van der Waals surface area contributed by atoms with Crippen LogP contribution in [0, 0.1) is 6.92 Å². The highest BCUT2D eigenvalue weighted by atomic mass is 16.5. The fourth-order valence-corrected chi connectivity index (χ4v) is 2.67. The number of furan rings is 1. The van der Waals surface area contributed by atoms with Crippen molar-refractivity contribution in [3.63, 3.8) is 0 Å². The summed E-state index contributed by atoms with van der Waals surface area (Å²) in [5, 5.41) is 8.98. The molecule has 1 saturated heterocycles. The average molecular weight is 267 g/mol. The Morgan fingerprint density at radius 2 is 2.37 bits per heavy atom. The zero-order valence-corrected chi connectivity index (χ0v) is 11.7. The number of carboxylic acids is 1. The standard InChI is InChI=1S/C14H21NO4/c1-9-6-12(19-13(9)14(16)17)8-15-5-4-11(18-3)7-10(15)2/h6,10-11H,4-5,7-8H2,1-3H3,(H,16,17). The Labute approximate surface area is 113 Å². The quantitative estimate of drug-likeness (QED) is 0.906. The van der Waals surface area contributed by atoms with Crippen molar-refractivity contribution < 1.29 is 19.1 Å². The lowest BCUT2D eigenvalue weighted by molar-refractivity contribution is 0.0106. The van der Waals surface area contributed by atoms with E-state index in [1.807, 2.05) is 6.07 Å². The number of hydrogen-bond donors (Lipinski definition) is 1. The van der Waals surface area contributed by atoms with E-state index in [2.05, 4.69) is 11.8 Å². The monoisotopic (exact) mass is 267 g/mol. The molecule has 1 aromatic rings. The van der Waals surface area contributed by atoms with Crippen LogP contribution in [0.1, 0.15) is 41.6 Å². The number of carbonyl (C=O) groups is 1. The van der Waals surface area contributed by atoms with Crippen LogP contribution >= 0.6 is 0 Å². The Bertz CT molecular complexity index is 454. The second kappa shape index (κ2) is 5.75. The van der Waals surface area contributed by atoms with E-state index in [1.54, 1.807) is 14.0 Å². The molecule has 1 fully saturated rings. The first-order chi connectivity index (χ1) is 9.01. The van der Waals surface area contributed by atoms with Gasteiger partial charge in [0.15, 0.2) is 0 Å². The van der Waals surface area contributed by atoms with Crippen LogP contribution in [0.15, 0.2) is 10.5 Å². The van der Waals surface area contributed by atoms with Gasteiger partial charge in [0, 0.05) is 25.3 Å². The Hall–Kier alpha value is -1.33. The Balaban J connectivity index is 2.01. The third-order valence-electron chi connectivity index (χ3n) is 3.82. The topological polar surface area (TPSA) is 62.9 Å². The summed E-state index contributed by atoms with van der Waals surface area (Å²) in [4.78, 5) is 13.3. The van der Waals surface area contributed by atoms with Gasteiger partial charge in [0.25, 0.3) is 0 Å². The average Bonchev–Trinajstić information content (AvgIpc) is 2.73. The zero-order chi connectivity index (χ0) is 14.0. The largest absolute Gasteiger partial charge is 0.475 e. The first-order valence-corrected chi connectivity index (χ1v) is 6.60. The molecule has 0 amide bonds. The number of ether oxygens (including phenoxy) is 1. The molecule has 0 bridgehead atoms. The highest BCUT2D eigenvalue weighted by molar-refractivity contribution is 5.86. The molecule has 0 aromatic carbocycles. The second-order valence-electron chi connectivity index (χ2n) is 5.23. The van der Waals surface area contributed by atoms with Crippen LogP contribution in [0.2, 0.25) is 0 Å². The fraction of sp³-hybridized carbons (Fsp3) is 0.643. The van der Waals surface area contributed by atoms with E-state index in [-0.39, 0.29) is 5.76 Å². The summed E-state index contributed by atoms with van der Waals surface area (Å²) in [7, 11) is 1.75. The predicted molar refractivity (Wildman–Crippen MR) is 70.3 cm³/mol. The first kappa shape index (κ1) is 14.1. The molecule has 19 heavy (non-hydrogen) atoms. The number of nitrogens with zero attached hydrogens (tertiary/aromatic N) is 1. The van der Waals surface area contributed by atoms with Crippen molar-refractivity contribution in [1.29, 1.82) is 0 Å². The molecule has 5 nitrogen and oxygen atoms in total. The number of methoxy groups -OCH3 is 1. The van der Waals surface area contributed by atoms with Crippen LogP contribution in [0.5, 0.6) is 0 Å². The molecule has 1 aromatic heterocycles. The highest BCUT2D eigenvalue weighted by Gasteiger charge is 2.26. The van der Waals surface area contributed by atoms with E-state index in [4.69, 9.17) is 14.3 Å². The van der Waals surface area contributed by atoms with Crippen molar-refractivity contribution >= 4 is 5.97 Å². The minimum Gasteiger partial charge on any atom is -0.475 e. The third-order valence-corrected chi connectivity index (χ3v) is 3.82. The van der Waals surface area contributed by atoms with E-state index in [0.29, 0.717) is 24.3 Å². The minimum atomic E-state index is -1.00. The fourth-order valence-electron chi connectivity index (χ4n) is 2.67. The van der Waals surface area contributed by atoms with Crippen LogP contribution in [0.3, 0.4) is 0 Å². The molecule has 2 atom stereocenters. The number of rotatable bonds is 4. The predicted octanol–water partition coefficient (Wildman–Crippen LogP) is 2.29. The molecule has 2 rings (SSSR count). The van der Waals surface area contributed by atoms with E-state index >= 15 is 0 Å². The molecule has 1 aliphatic heterocycles. The van der Waals surface area contributed by atoms with Gasteiger partial charge < -0.3 is 14.3 Å². The van der Waals surface area contributed by atoms with Gasteiger partial charge in [0.05, 0.1) is 12.6 Å². The van der Waals surface area contributed by atoms with Crippen LogP contribution in [0.25, 0.3) is 0 Å². The van der Waals surface area contributed by atoms with Gasteiger partial charge in [-0.1, -0.05) is 0 Å². The number of aryl methyl sites for hydroxylation is 1. The van der Waals surface area contributed by atoms with Gasteiger partial charge in [-0.3, -0.25) is 4.90 Å². The van der Waals surface area contributed by atoms with Crippen molar-refractivity contribution in [2.24, 2.45) is 0 Å². The van der Waals surface area contributed by atoms with Gasteiger partial charge in [-0.2, -0.15) is 0 Å². The van der Waals surface area contributed by atoms with Crippen molar-refractivity contribution in [3.8, 4) is 0 Å². The van der Waals surface area contributed by atoms with Gasteiger partial charge in [-0.15, -0.1) is 0 Å². The number of aromatic carboxylic acids is 1. The van der Waals surface area contributed by atoms with Crippen molar-refractivity contribution in [2.45, 2.75) is 45.4 Å². The molecule has 1 aliphatic rings. The maximum absolute atomic E-state index is 10.9. The summed E-state index contributed by atoms with van der Waals surface area (Å²) >= 11 is 0. The smallest absolute Gasteiger partial charge is 0.372 e. The maximum atomic E-state index is 10.9. The first-order valence-electron chi connectivity index (χ1n) is 6.60. The highest BCUT2D eigenvalue weighted by Crippen LogP contribution is 2.23. The van der Waals surface area contributed by atoms with Crippen molar-refractivity contribution in [3.05, 3.63) is 23.2 Å². The van der Waals surface area contributed by atoms with E-state index in [1.165, 1.54) is 0 Å².